The summed E-state index contributed by atoms with van der Waals surface area (Å²) in [6, 6.07) is 0. The first kappa shape index (κ1) is 13.7. The zero-order valence-corrected chi connectivity index (χ0v) is 9.07. The summed E-state index contributed by atoms with van der Waals surface area (Å²) in [5, 5.41) is 8.24. The Bertz CT molecular complexity index is 221. The minimum Gasteiger partial charge on any atom is -0.478 e. The second-order valence-electron chi connectivity index (χ2n) is 3.25. The third-order valence-corrected chi connectivity index (χ3v) is 1.85. The lowest BCUT2D eigenvalue weighted by molar-refractivity contribution is -0.138. The summed E-state index contributed by atoms with van der Waals surface area (Å²) in [4.78, 5) is 20.9. The SMILES string of the molecule is CCCCCCCOC(=O)C=CC(=O)O. The molecule has 0 unspecified atom stereocenters. The van der Waals surface area contributed by atoms with Crippen LogP contribution in [-0.2, 0) is 14.3 Å². The van der Waals surface area contributed by atoms with E-state index < -0.39 is 11.9 Å². The first-order valence-corrected chi connectivity index (χ1v) is 5.24. The highest BCUT2D eigenvalue weighted by atomic mass is 16.5. The largest absolute Gasteiger partial charge is 0.478 e. The van der Waals surface area contributed by atoms with Crippen molar-refractivity contribution < 1.29 is 19.4 Å². The molecule has 0 radical (unpaired) electrons. The molecule has 0 spiro atoms. The first-order valence-electron chi connectivity index (χ1n) is 5.24. The van der Waals surface area contributed by atoms with Crippen molar-refractivity contribution in [2.45, 2.75) is 39.0 Å². The summed E-state index contributed by atoms with van der Waals surface area (Å²) in [5.74, 6) is -1.73. The fourth-order valence-electron chi connectivity index (χ4n) is 1.07. The zero-order valence-electron chi connectivity index (χ0n) is 9.07. The van der Waals surface area contributed by atoms with Crippen LogP contribution in [0, 0.1) is 0 Å². The van der Waals surface area contributed by atoms with E-state index >= 15 is 0 Å². The van der Waals surface area contributed by atoms with Gasteiger partial charge in [-0.1, -0.05) is 32.6 Å². The van der Waals surface area contributed by atoms with Crippen molar-refractivity contribution in [3.8, 4) is 0 Å². The van der Waals surface area contributed by atoms with E-state index in [1.165, 1.54) is 12.8 Å². The van der Waals surface area contributed by atoms with Gasteiger partial charge >= 0.3 is 11.9 Å². The molecule has 0 atom stereocenters. The van der Waals surface area contributed by atoms with Gasteiger partial charge in [0, 0.05) is 12.2 Å². The Morgan fingerprint density at radius 3 is 2.40 bits per heavy atom. The van der Waals surface area contributed by atoms with Crippen LogP contribution in [0.2, 0.25) is 0 Å². The summed E-state index contributed by atoms with van der Waals surface area (Å²) in [6.07, 6.45) is 7.12. The molecule has 0 heterocycles. The molecular weight excluding hydrogens is 196 g/mol. The number of hydrogen-bond donors (Lipinski definition) is 1. The van der Waals surface area contributed by atoms with Gasteiger partial charge < -0.3 is 9.84 Å². The number of carboxylic acids is 1. The van der Waals surface area contributed by atoms with Crippen LogP contribution >= 0.6 is 0 Å². The molecule has 0 fully saturated rings. The van der Waals surface area contributed by atoms with Crippen LogP contribution in [0.15, 0.2) is 12.2 Å². The zero-order chi connectivity index (χ0) is 11.5. The molecular formula is C11H18O4. The Morgan fingerprint density at radius 1 is 1.13 bits per heavy atom. The topological polar surface area (TPSA) is 63.6 Å². The smallest absolute Gasteiger partial charge is 0.331 e. The van der Waals surface area contributed by atoms with Crippen molar-refractivity contribution in [3.63, 3.8) is 0 Å². The maximum atomic E-state index is 10.9. The fraction of sp³-hybridized carbons (Fsp3) is 0.636. The predicted molar refractivity (Wildman–Crippen MR) is 56.5 cm³/mol. The molecule has 4 heteroatoms. The second kappa shape index (κ2) is 9.24. The van der Waals surface area contributed by atoms with E-state index in [1.807, 2.05) is 0 Å². The lowest BCUT2D eigenvalue weighted by Gasteiger charge is -2.01. The van der Waals surface area contributed by atoms with Gasteiger partial charge in [0.1, 0.15) is 0 Å². The van der Waals surface area contributed by atoms with Crippen molar-refractivity contribution in [1.82, 2.24) is 0 Å². The Labute approximate surface area is 89.9 Å². The second-order valence-corrected chi connectivity index (χ2v) is 3.25. The van der Waals surface area contributed by atoms with E-state index in [0.717, 1.165) is 31.4 Å². The normalized spacial score (nSPS) is 10.5. The molecule has 86 valence electrons. The van der Waals surface area contributed by atoms with E-state index in [4.69, 9.17) is 9.84 Å². The first-order chi connectivity index (χ1) is 7.16. The quantitative estimate of drug-likeness (QED) is 0.382. The highest BCUT2D eigenvalue weighted by Gasteiger charge is 1.97. The van der Waals surface area contributed by atoms with Crippen molar-refractivity contribution in [2.24, 2.45) is 0 Å². The summed E-state index contributed by atoms with van der Waals surface area (Å²) in [7, 11) is 0. The average molecular weight is 214 g/mol. The van der Waals surface area contributed by atoms with Crippen LogP contribution in [0.4, 0.5) is 0 Å². The maximum absolute atomic E-state index is 10.9. The van der Waals surface area contributed by atoms with Gasteiger partial charge in [0.15, 0.2) is 0 Å². The average Bonchev–Trinajstić information content (AvgIpc) is 2.20. The van der Waals surface area contributed by atoms with Gasteiger partial charge in [0.2, 0.25) is 0 Å². The van der Waals surface area contributed by atoms with E-state index in [0.29, 0.717) is 6.61 Å². The molecule has 0 aromatic carbocycles. The number of carbonyl (C=O) groups excluding carboxylic acids is 1. The van der Waals surface area contributed by atoms with E-state index in [2.05, 4.69) is 6.92 Å². The monoisotopic (exact) mass is 214 g/mol. The molecule has 0 aromatic rings. The molecule has 15 heavy (non-hydrogen) atoms. The van der Waals surface area contributed by atoms with Gasteiger partial charge in [-0.25, -0.2) is 9.59 Å². The number of ether oxygens (including phenoxy) is 1. The maximum Gasteiger partial charge on any atom is 0.331 e. The molecule has 0 amide bonds. The minimum atomic E-state index is -1.14. The van der Waals surface area contributed by atoms with Gasteiger partial charge in [0.05, 0.1) is 6.61 Å². The number of esters is 1. The van der Waals surface area contributed by atoms with E-state index in [1.54, 1.807) is 0 Å². The van der Waals surface area contributed by atoms with Crippen LogP contribution < -0.4 is 0 Å². The highest BCUT2D eigenvalue weighted by Crippen LogP contribution is 2.02. The summed E-state index contributed by atoms with van der Waals surface area (Å²) >= 11 is 0. The Kier molecular flexibility index (Phi) is 8.43. The molecule has 0 aromatic heterocycles. The Morgan fingerprint density at radius 2 is 1.80 bits per heavy atom. The molecule has 4 nitrogen and oxygen atoms in total. The van der Waals surface area contributed by atoms with Crippen molar-refractivity contribution in [2.75, 3.05) is 6.61 Å². The number of carbonyl (C=O) groups is 2. The lowest BCUT2D eigenvalue weighted by atomic mass is 10.2. The lowest BCUT2D eigenvalue weighted by Crippen LogP contribution is -2.03. The van der Waals surface area contributed by atoms with Crippen LogP contribution in [0.3, 0.4) is 0 Å². The molecule has 0 aliphatic heterocycles. The van der Waals surface area contributed by atoms with Gasteiger partial charge in [-0.15, -0.1) is 0 Å². The van der Waals surface area contributed by atoms with Crippen molar-refractivity contribution in [3.05, 3.63) is 12.2 Å². The number of unbranched alkanes of at least 4 members (excludes halogenated alkanes) is 4. The van der Waals surface area contributed by atoms with Gasteiger partial charge in [-0.3, -0.25) is 0 Å². The third kappa shape index (κ3) is 10.6. The molecule has 1 N–H and O–H groups in total. The molecule has 0 aliphatic rings. The molecule has 0 aliphatic carbocycles. The van der Waals surface area contributed by atoms with Crippen LogP contribution in [0.5, 0.6) is 0 Å². The van der Waals surface area contributed by atoms with E-state index in [9.17, 15) is 9.59 Å². The Balaban J connectivity index is 3.35. The van der Waals surface area contributed by atoms with Crippen molar-refractivity contribution in [1.29, 1.82) is 0 Å². The van der Waals surface area contributed by atoms with Gasteiger partial charge in [0.25, 0.3) is 0 Å². The van der Waals surface area contributed by atoms with Crippen LogP contribution in [0.25, 0.3) is 0 Å². The number of carboxylic acid groups (broad SMARTS) is 1. The molecule has 0 bridgehead atoms. The molecule has 0 saturated heterocycles. The summed E-state index contributed by atoms with van der Waals surface area (Å²) < 4.78 is 4.78. The third-order valence-electron chi connectivity index (χ3n) is 1.85. The predicted octanol–water partition coefficient (Wildman–Crippen LogP) is 2.14. The number of hydrogen-bond acceptors (Lipinski definition) is 3. The van der Waals surface area contributed by atoms with E-state index in [-0.39, 0.29) is 0 Å². The highest BCUT2D eigenvalue weighted by molar-refractivity contribution is 5.90. The minimum absolute atomic E-state index is 0.368. The fourth-order valence-corrected chi connectivity index (χ4v) is 1.07. The summed E-state index contributed by atoms with van der Waals surface area (Å²) in [6.45, 7) is 2.50. The Hall–Kier alpha value is -1.32. The van der Waals surface area contributed by atoms with Crippen LogP contribution in [-0.4, -0.2) is 23.7 Å². The van der Waals surface area contributed by atoms with Gasteiger partial charge in [-0.2, -0.15) is 0 Å². The number of aliphatic carboxylic acids is 1. The molecule has 0 rings (SSSR count). The van der Waals surface area contributed by atoms with Crippen LogP contribution in [0.1, 0.15) is 39.0 Å². The number of rotatable bonds is 8. The van der Waals surface area contributed by atoms with Gasteiger partial charge in [-0.05, 0) is 6.42 Å². The summed E-state index contributed by atoms with van der Waals surface area (Å²) in [5.41, 5.74) is 0. The van der Waals surface area contributed by atoms with Crippen molar-refractivity contribution >= 4 is 11.9 Å². The standard InChI is InChI=1S/C11H18O4/c1-2-3-4-5-6-9-15-11(14)8-7-10(12)13/h7-8H,2-6,9H2,1H3,(H,12,13). The molecule has 0 saturated carbocycles.